The van der Waals surface area contributed by atoms with E-state index in [1.54, 1.807) is 37.3 Å². The van der Waals surface area contributed by atoms with Gasteiger partial charge < -0.3 is 25.5 Å². The number of nitrogens with one attached hydrogen (secondary N) is 2. The highest BCUT2D eigenvalue weighted by Crippen LogP contribution is 2.17. The predicted octanol–water partition coefficient (Wildman–Crippen LogP) is 1.96. The Bertz CT molecular complexity index is 696. The molecular weight excluding hydrogens is 298 g/mol. The molecule has 0 spiro atoms. The number of furan rings is 1. The first-order valence-corrected chi connectivity index (χ1v) is 7.06. The van der Waals surface area contributed by atoms with Crippen molar-refractivity contribution in [2.75, 3.05) is 17.7 Å². The number of anilines is 2. The summed E-state index contributed by atoms with van der Waals surface area (Å²) >= 11 is 0. The van der Waals surface area contributed by atoms with E-state index < -0.39 is 6.10 Å². The molecule has 1 heterocycles. The second-order valence-electron chi connectivity index (χ2n) is 4.91. The first kappa shape index (κ1) is 16.7. The summed E-state index contributed by atoms with van der Waals surface area (Å²) < 4.78 is 10.1. The van der Waals surface area contributed by atoms with Crippen LogP contribution >= 0.6 is 0 Å². The summed E-state index contributed by atoms with van der Waals surface area (Å²) in [6.45, 7) is 1.88. The van der Waals surface area contributed by atoms with Crippen LogP contribution in [0.25, 0.3) is 0 Å². The molecule has 0 saturated carbocycles. The SMILES string of the molecule is COC(C)C(=O)Nc1cccc(NC(=O)c2coc(CN)c2)c1. The zero-order valence-electron chi connectivity index (χ0n) is 13.0. The van der Waals surface area contributed by atoms with E-state index in [1.807, 2.05) is 0 Å². The van der Waals surface area contributed by atoms with Crippen molar-refractivity contribution in [3.63, 3.8) is 0 Å². The van der Waals surface area contributed by atoms with E-state index in [-0.39, 0.29) is 18.4 Å². The summed E-state index contributed by atoms with van der Waals surface area (Å²) in [7, 11) is 1.46. The Kier molecular flexibility index (Phi) is 5.51. The van der Waals surface area contributed by atoms with Crippen molar-refractivity contribution < 1.29 is 18.7 Å². The summed E-state index contributed by atoms with van der Waals surface area (Å²) in [6, 6.07) is 8.41. The Balaban J connectivity index is 2.04. The number of methoxy groups -OCH3 is 1. The number of ether oxygens (including phenoxy) is 1. The maximum Gasteiger partial charge on any atom is 0.258 e. The van der Waals surface area contributed by atoms with Crippen molar-refractivity contribution >= 4 is 23.2 Å². The van der Waals surface area contributed by atoms with Crippen LogP contribution in [0.1, 0.15) is 23.0 Å². The molecule has 0 aliphatic heterocycles. The number of rotatable bonds is 6. The van der Waals surface area contributed by atoms with Gasteiger partial charge in [-0.25, -0.2) is 0 Å². The predicted molar refractivity (Wildman–Crippen MR) is 86.1 cm³/mol. The lowest BCUT2D eigenvalue weighted by Gasteiger charge is -2.11. The molecular formula is C16H19N3O4. The Hall–Kier alpha value is -2.64. The second kappa shape index (κ2) is 7.57. The molecule has 0 bridgehead atoms. The molecule has 23 heavy (non-hydrogen) atoms. The number of hydrogen-bond donors (Lipinski definition) is 3. The number of carbonyl (C=O) groups excluding carboxylic acids is 2. The van der Waals surface area contributed by atoms with Gasteiger partial charge in [-0.3, -0.25) is 9.59 Å². The van der Waals surface area contributed by atoms with Crippen LogP contribution in [-0.2, 0) is 16.1 Å². The van der Waals surface area contributed by atoms with E-state index in [9.17, 15) is 9.59 Å². The Morgan fingerprint density at radius 3 is 2.57 bits per heavy atom. The van der Waals surface area contributed by atoms with E-state index in [2.05, 4.69) is 10.6 Å². The monoisotopic (exact) mass is 317 g/mol. The zero-order valence-corrected chi connectivity index (χ0v) is 13.0. The highest BCUT2D eigenvalue weighted by molar-refractivity contribution is 6.04. The standard InChI is InChI=1S/C16H19N3O4/c1-10(22-2)15(20)18-12-4-3-5-13(7-12)19-16(21)11-6-14(8-17)23-9-11/h3-7,9-10H,8,17H2,1-2H3,(H,18,20)(H,19,21). The highest BCUT2D eigenvalue weighted by Gasteiger charge is 2.13. The van der Waals surface area contributed by atoms with Gasteiger partial charge in [-0.1, -0.05) is 6.07 Å². The second-order valence-corrected chi connectivity index (χ2v) is 4.91. The van der Waals surface area contributed by atoms with Crippen molar-refractivity contribution in [3.8, 4) is 0 Å². The summed E-state index contributed by atoms with van der Waals surface area (Å²) in [5.74, 6) is -0.0506. The highest BCUT2D eigenvalue weighted by atomic mass is 16.5. The van der Waals surface area contributed by atoms with Crippen molar-refractivity contribution in [2.45, 2.75) is 19.6 Å². The first-order chi connectivity index (χ1) is 11.0. The lowest BCUT2D eigenvalue weighted by molar-refractivity contribution is -0.124. The molecule has 7 nitrogen and oxygen atoms in total. The molecule has 7 heteroatoms. The van der Waals surface area contributed by atoms with Gasteiger partial charge in [-0.15, -0.1) is 0 Å². The molecule has 1 aromatic carbocycles. The largest absolute Gasteiger partial charge is 0.467 e. The molecule has 0 fully saturated rings. The van der Waals surface area contributed by atoms with Gasteiger partial charge in [0.05, 0.1) is 12.1 Å². The van der Waals surface area contributed by atoms with Crippen LogP contribution in [0, 0.1) is 0 Å². The van der Waals surface area contributed by atoms with Crippen LogP contribution in [0.5, 0.6) is 0 Å². The van der Waals surface area contributed by atoms with Crippen LogP contribution in [0.3, 0.4) is 0 Å². The van der Waals surface area contributed by atoms with Gasteiger partial charge >= 0.3 is 0 Å². The quantitative estimate of drug-likeness (QED) is 0.755. The van der Waals surface area contributed by atoms with Gasteiger partial charge in [0, 0.05) is 18.5 Å². The molecule has 1 atom stereocenters. The van der Waals surface area contributed by atoms with Crippen LogP contribution in [0.4, 0.5) is 11.4 Å². The van der Waals surface area contributed by atoms with E-state index in [1.165, 1.54) is 13.4 Å². The smallest absolute Gasteiger partial charge is 0.258 e. The van der Waals surface area contributed by atoms with E-state index in [0.717, 1.165) is 0 Å². The minimum absolute atomic E-state index is 0.229. The number of hydrogen-bond acceptors (Lipinski definition) is 5. The van der Waals surface area contributed by atoms with Gasteiger partial charge in [-0.05, 0) is 31.2 Å². The minimum Gasteiger partial charge on any atom is -0.467 e. The average molecular weight is 317 g/mol. The maximum atomic E-state index is 12.1. The molecule has 0 saturated heterocycles. The molecule has 2 rings (SSSR count). The molecule has 0 aliphatic carbocycles. The molecule has 2 amide bonds. The zero-order chi connectivity index (χ0) is 16.8. The molecule has 4 N–H and O–H groups in total. The van der Waals surface area contributed by atoms with E-state index in [4.69, 9.17) is 14.9 Å². The minimum atomic E-state index is -0.561. The third-order valence-corrected chi connectivity index (χ3v) is 3.23. The van der Waals surface area contributed by atoms with Crippen molar-refractivity contribution in [1.29, 1.82) is 0 Å². The van der Waals surface area contributed by atoms with Gasteiger partial charge in [0.1, 0.15) is 18.1 Å². The summed E-state index contributed by atoms with van der Waals surface area (Å²) in [4.78, 5) is 23.9. The Morgan fingerprint density at radius 2 is 1.96 bits per heavy atom. The van der Waals surface area contributed by atoms with Crippen molar-refractivity contribution in [2.24, 2.45) is 5.73 Å². The van der Waals surface area contributed by atoms with Crippen LogP contribution in [0.15, 0.2) is 41.0 Å². The molecule has 1 aromatic heterocycles. The lowest BCUT2D eigenvalue weighted by atomic mass is 10.2. The van der Waals surface area contributed by atoms with Gasteiger partial charge in [-0.2, -0.15) is 0 Å². The van der Waals surface area contributed by atoms with Gasteiger partial charge in [0.25, 0.3) is 11.8 Å². The summed E-state index contributed by atoms with van der Waals surface area (Å²) in [5, 5.41) is 5.44. The first-order valence-electron chi connectivity index (χ1n) is 7.06. The molecule has 2 aromatic rings. The van der Waals surface area contributed by atoms with Crippen molar-refractivity contribution in [1.82, 2.24) is 0 Å². The third-order valence-electron chi connectivity index (χ3n) is 3.23. The molecule has 1 unspecified atom stereocenters. The molecule has 0 aliphatic rings. The summed E-state index contributed by atoms with van der Waals surface area (Å²) in [6.07, 6.45) is 0.789. The number of benzene rings is 1. The van der Waals surface area contributed by atoms with E-state index >= 15 is 0 Å². The fourth-order valence-electron chi connectivity index (χ4n) is 1.84. The van der Waals surface area contributed by atoms with Crippen LogP contribution in [0.2, 0.25) is 0 Å². The third kappa shape index (κ3) is 4.41. The average Bonchev–Trinajstić information content (AvgIpc) is 3.03. The van der Waals surface area contributed by atoms with E-state index in [0.29, 0.717) is 22.7 Å². The van der Waals surface area contributed by atoms with Crippen LogP contribution in [-0.4, -0.2) is 25.0 Å². The van der Waals surface area contributed by atoms with Gasteiger partial charge in [0.2, 0.25) is 0 Å². The fraction of sp³-hybridized carbons (Fsp3) is 0.250. The Labute approximate surface area is 133 Å². The normalized spacial score (nSPS) is 11.8. The fourth-order valence-corrected chi connectivity index (χ4v) is 1.84. The summed E-state index contributed by atoms with van der Waals surface area (Å²) in [5.41, 5.74) is 6.94. The molecule has 0 radical (unpaired) electrons. The van der Waals surface area contributed by atoms with Crippen LogP contribution < -0.4 is 16.4 Å². The Morgan fingerprint density at radius 1 is 1.26 bits per heavy atom. The van der Waals surface area contributed by atoms with Crippen molar-refractivity contribution in [3.05, 3.63) is 47.9 Å². The number of nitrogens with two attached hydrogens (primary N) is 1. The topological polar surface area (TPSA) is 107 Å². The number of amides is 2. The molecule has 122 valence electrons. The number of carbonyl (C=O) groups is 2. The van der Waals surface area contributed by atoms with Gasteiger partial charge in [0.15, 0.2) is 0 Å². The lowest BCUT2D eigenvalue weighted by Crippen LogP contribution is -2.26. The maximum absolute atomic E-state index is 12.1.